The van der Waals surface area contributed by atoms with Crippen molar-refractivity contribution in [3.8, 4) is 23.4 Å². The Hall–Kier alpha value is -3.35. The van der Waals surface area contributed by atoms with Crippen LogP contribution in [0.3, 0.4) is 0 Å². The number of nitrogens with one attached hydrogen (secondary N) is 2. The molecular weight excluding hydrogens is 445 g/mol. The van der Waals surface area contributed by atoms with Gasteiger partial charge < -0.3 is 4.74 Å². The quantitative estimate of drug-likeness (QED) is 0.612. The zero-order chi connectivity index (χ0) is 22.9. The molecule has 3 rings (SSSR count). The van der Waals surface area contributed by atoms with Crippen LogP contribution in [0, 0.1) is 16.7 Å². The number of hydrogen-bond acceptors (Lipinski definition) is 6. The lowest BCUT2D eigenvalue weighted by Gasteiger charge is -2.17. The summed E-state index contributed by atoms with van der Waals surface area (Å²) in [6, 6.07) is 5.93. The number of halogens is 2. The van der Waals surface area contributed by atoms with Gasteiger partial charge >= 0.3 is 5.69 Å². The van der Waals surface area contributed by atoms with E-state index in [0.717, 1.165) is 10.8 Å². The standard InChI is InChI=1S/C20H17Cl2N5O4/c1-20(2,3)7-10-4-16(25-26-18(10)29)31-15-6-12(21)14(5-13(15)22)27-9-11(8-23)17(28)24-19(27)30/h4-6,9H,7H2,1-3H3,(H,26,29)(H,24,28,30). The molecule has 0 aliphatic carbocycles. The van der Waals surface area contributed by atoms with Gasteiger partial charge in [0.2, 0.25) is 5.88 Å². The maximum atomic E-state index is 12.2. The van der Waals surface area contributed by atoms with Crippen molar-refractivity contribution < 1.29 is 4.74 Å². The van der Waals surface area contributed by atoms with Gasteiger partial charge in [-0.1, -0.05) is 44.0 Å². The van der Waals surface area contributed by atoms with E-state index in [-0.39, 0.29) is 43.9 Å². The zero-order valence-corrected chi connectivity index (χ0v) is 18.3. The molecule has 0 aliphatic rings. The first-order chi connectivity index (χ1) is 14.5. The molecule has 9 nitrogen and oxygen atoms in total. The first-order valence-electron chi connectivity index (χ1n) is 9.00. The number of benzene rings is 1. The fourth-order valence-corrected chi connectivity index (χ4v) is 3.24. The molecule has 2 heterocycles. The van der Waals surface area contributed by atoms with E-state index >= 15 is 0 Å². The van der Waals surface area contributed by atoms with Crippen molar-refractivity contribution in [2.75, 3.05) is 0 Å². The molecule has 0 saturated heterocycles. The van der Waals surface area contributed by atoms with E-state index in [0.29, 0.717) is 12.0 Å². The number of H-pyrrole nitrogens is 2. The Bertz CT molecular complexity index is 1380. The van der Waals surface area contributed by atoms with Crippen LogP contribution < -0.4 is 21.5 Å². The number of ether oxygens (including phenoxy) is 1. The number of nitriles is 1. The predicted molar refractivity (Wildman–Crippen MR) is 115 cm³/mol. The molecular formula is C20H17Cl2N5O4. The fourth-order valence-electron chi connectivity index (χ4n) is 2.80. The van der Waals surface area contributed by atoms with Crippen LogP contribution in [0.4, 0.5) is 0 Å². The van der Waals surface area contributed by atoms with Crippen LogP contribution in [0.15, 0.2) is 38.8 Å². The second kappa shape index (κ2) is 8.41. The molecule has 31 heavy (non-hydrogen) atoms. The molecule has 3 aromatic rings. The Labute approximate surface area is 185 Å². The van der Waals surface area contributed by atoms with Crippen LogP contribution in [0.1, 0.15) is 31.9 Å². The van der Waals surface area contributed by atoms with E-state index in [9.17, 15) is 14.4 Å². The van der Waals surface area contributed by atoms with E-state index in [2.05, 4.69) is 10.2 Å². The topological polar surface area (TPSA) is 134 Å². The highest BCUT2D eigenvalue weighted by Crippen LogP contribution is 2.35. The molecule has 2 N–H and O–H groups in total. The van der Waals surface area contributed by atoms with E-state index in [1.165, 1.54) is 18.2 Å². The molecule has 0 unspecified atom stereocenters. The van der Waals surface area contributed by atoms with Crippen molar-refractivity contribution in [1.82, 2.24) is 19.7 Å². The average Bonchev–Trinajstić information content (AvgIpc) is 2.66. The lowest BCUT2D eigenvalue weighted by atomic mass is 9.89. The third kappa shape index (κ3) is 5.05. The molecule has 0 fully saturated rings. The van der Waals surface area contributed by atoms with Gasteiger partial charge in [-0.15, -0.1) is 5.10 Å². The lowest BCUT2D eigenvalue weighted by Crippen LogP contribution is -2.30. The van der Waals surface area contributed by atoms with Crippen molar-refractivity contribution in [2.24, 2.45) is 5.41 Å². The van der Waals surface area contributed by atoms with Crippen molar-refractivity contribution in [1.29, 1.82) is 5.26 Å². The second-order valence-electron chi connectivity index (χ2n) is 7.92. The first-order valence-corrected chi connectivity index (χ1v) is 9.76. The SMILES string of the molecule is CC(C)(C)Cc1cc(Oc2cc(Cl)c(-n3cc(C#N)c(=O)[nH]c3=O)cc2Cl)n[nH]c1=O. The van der Waals surface area contributed by atoms with Crippen LogP contribution in [-0.2, 0) is 6.42 Å². The smallest absolute Gasteiger partial charge is 0.333 e. The molecule has 0 bridgehead atoms. The highest BCUT2D eigenvalue weighted by molar-refractivity contribution is 6.35. The summed E-state index contributed by atoms with van der Waals surface area (Å²) in [6.07, 6.45) is 1.58. The van der Waals surface area contributed by atoms with Crippen molar-refractivity contribution in [3.63, 3.8) is 0 Å². The Morgan fingerprint density at radius 3 is 2.48 bits per heavy atom. The zero-order valence-electron chi connectivity index (χ0n) is 16.7. The van der Waals surface area contributed by atoms with E-state index < -0.39 is 11.2 Å². The molecule has 0 atom stereocenters. The number of rotatable bonds is 4. The summed E-state index contributed by atoms with van der Waals surface area (Å²) >= 11 is 12.6. The van der Waals surface area contributed by atoms with Gasteiger partial charge in [-0.05, 0) is 17.9 Å². The van der Waals surface area contributed by atoms with Gasteiger partial charge in [0.25, 0.3) is 11.1 Å². The second-order valence-corrected chi connectivity index (χ2v) is 8.73. The molecule has 0 amide bonds. The number of aromatic nitrogens is 4. The maximum Gasteiger partial charge on any atom is 0.333 e. The highest BCUT2D eigenvalue weighted by atomic mass is 35.5. The third-order valence-electron chi connectivity index (χ3n) is 4.12. The Kier molecular flexibility index (Phi) is 6.06. The number of aromatic amines is 2. The number of hydrogen-bond donors (Lipinski definition) is 2. The summed E-state index contributed by atoms with van der Waals surface area (Å²) in [5, 5.41) is 15.4. The molecule has 0 saturated carbocycles. The van der Waals surface area contributed by atoms with E-state index in [1.807, 2.05) is 25.8 Å². The first kappa shape index (κ1) is 22.3. The van der Waals surface area contributed by atoms with Crippen molar-refractivity contribution in [3.05, 3.63) is 76.8 Å². The summed E-state index contributed by atoms with van der Waals surface area (Å²) in [7, 11) is 0. The van der Waals surface area contributed by atoms with Crippen LogP contribution in [0.25, 0.3) is 5.69 Å². The summed E-state index contributed by atoms with van der Waals surface area (Å²) in [5.74, 6) is 0.243. The highest BCUT2D eigenvalue weighted by Gasteiger charge is 2.17. The molecule has 1 aromatic carbocycles. The van der Waals surface area contributed by atoms with Gasteiger partial charge in [0.15, 0.2) is 0 Å². The average molecular weight is 462 g/mol. The summed E-state index contributed by atoms with van der Waals surface area (Å²) < 4.78 is 6.69. The fraction of sp³-hybridized carbons (Fsp3) is 0.250. The molecule has 11 heteroatoms. The van der Waals surface area contributed by atoms with Crippen molar-refractivity contribution >= 4 is 23.2 Å². The van der Waals surface area contributed by atoms with Gasteiger partial charge in [-0.3, -0.25) is 19.1 Å². The van der Waals surface area contributed by atoms with E-state index in [4.69, 9.17) is 33.2 Å². The van der Waals surface area contributed by atoms with Gasteiger partial charge in [0, 0.05) is 23.9 Å². The van der Waals surface area contributed by atoms with Gasteiger partial charge in [-0.2, -0.15) is 5.26 Å². The lowest BCUT2D eigenvalue weighted by molar-refractivity contribution is 0.404. The largest absolute Gasteiger partial charge is 0.436 e. The van der Waals surface area contributed by atoms with Crippen molar-refractivity contribution in [2.45, 2.75) is 27.2 Å². The summed E-state index contributed by atoms with van der Waals surface area (Å²) in [4.78, 5) is 37.8. The minimum Gasteiger partial charge on any atom is -0.436 e. The molecule has 0 radical (unpaired) electrons. The Balaban J connectivity index is 2.00. The number of nitrogens with zero attached hydrogens (tertiary/aromatic N) is 3. The van der Waals surface area contributed by atoms with Crippen LogP contribution >= 0.6 is 23.2 Å². The molecule has 2 aromatic heterocycles. The summed E-state index contributed by atoms with van der Waals surface area (Å²) in [6.45, 7) is 6.00. The normalized spacial score (nSPS) is 11.2. The minimum atomic E-state index is -0.805. The summed E-state index contributed by atoms with van der Waals surface area (Å²) in [5.41, 5.74) is -1.66. The van der Waals surface area contributed by atoms with Crippen LogP contribution in [-0.4, -0.2) is 19.7 Å². The molecule has 160 valence electrons. The predicted octanol–water partition coefficient (Wildman–Crippen LogP) is 3.17. The molecule has 0 aliphatic heterocycles. The van der Waals surface area contributed by atoms with E-state index in [1.54, 1.807) is 6.07 Å². The maximum absolute atomic E-state index is 12.2. The van der Waals surface area contributed by atoms with Gasteiger partial charge in [0.05, 0.1) is 15.7 Å². The Morgan fingerprint density at radius 2 is 1.84 bits per heavy atom. The third-order valence-corrected chi connectivity index (χ3v) is 4.71. The minimum absolute atomic E-state index is 0.0665. The van der Waals surface area contributed by atoms with Gasteiger partial charge in [-0.25, -0.2) is 9.89 Å². The Morgan fingerprint density at radius 1 is 1.13 bits per heavy atom. The van der Waals surface area contributed by atoms with Crippen LogP contribution in [0.2, 0.25) is 10.0 Å². The van der Waals surface area contributed by atoms with Gasteiger partial charge in [0.1, 0.15) is 17.4 Å². The van der Waals surface area contributed by atoms with Crippen LogP contribution in [0.5, 0.6) is 11.6 Å². The monoisotopic (exact) mass is 461 g/mol. The molecule has 0 spiro atoms.